The van der Waals surface area contributed by atoms with Crippen LogP contribution >= 0.6 is 0 Å². The fourth-order valence-corrected chi connectivity index (χ4v) is 2.67. The number of ether oxygens (including phenoxy) is 1. The topological polar surface area (TPSA) is 39.1 Å². The number of rotatable bonds is 4. The largest absolute Gasteiger partial charge is 0.377 e. The van der Waals surface area contributed by atoms with Gasteiger partial charge in [0.25, 0.3) is 0 Å². The Bertz CT molecular complexity index is 579. The first kappa shape index (κ1) is 13.3. The van der Waals surface area contributed by atoms with Gasteiger partial charge in [0, 0.05) is 25.4 Å². The quantitative estimate of drug-likeness (QED) is 0.928. The van der Waals surface area contributed by atoms with Gasteiger partial charge in [-0.1, -0.05) is 18.2 Å². The van der Waals surface area contributed by atoms with Gasteiger partial charge in [-0.3, -0.25) is 0 Å². The van der Waals surface area contributed by atoms with Crippen molar-refractivity contribution in [2.24, 2.45) is 0 Å². The molecule has 4 nitrogen and oxygen atoms in total. The third kappa shape index (κ3) is 2.76. The van der Waals surface area contributed by atoms with Crippen LogP contribution in [0.2, 0.25) is 0 Å². The lowest BCUT2D eigenvalue weighted by atomic mass is 10.1. The normalized spacial score (nSPS) is 22.3. The van der Waals surface area contributed by atoms with Crippen molar-refractivity contribution >= 4 is 0 Å². The molecule has 0 spiro atoms. The van der Waals surface area contributed by atoms with Crippen molar-refractivity contribution in [1.82, 2.24) is 15.1 Å². The van der Waals surface area contributed by atoms with Gasteiger partial charge < -0.3 is 10.1 Å². The van der Waals surface area contributed by atoms with Gasteiger partial charge >= 0.3 is 0 Å². The van der Waals surface area contributed by atoms with Crippen LogP contribution < -0.4 is 5.32 Å². The van der Waals surface area contributed by atoms with Gasteiger partial charge in [0.15, 0.2) is 0 Å². The average molecular weight is 271 g/mol. The Morgan fingerprint density at radius 1 is 1.35 bits per heavy atom. The number of hydrogen-bond acceptors (Lipinski definition) is 3. The number of aromatic nitrogens is 2. The Hall–Kier alpha value is -1.65. The highest BCUT2D eigenvalue weighted by Crippen LogP contribution is 2.17. The second-order valence-electron chi connectivity index (χ2n) is 5.38. The first-order chi connectivity index (χ1) is 9.74. The monoisotopic (exact) mass is 271 g/mol. The molecule has 1 aliphatic rings. The number of hydrogen-bond donors (Lipinski definition) is 1. The van der Waals surface area contributed by atoms with Crippen molar-refractivity contribution in [3.63, 3.8) is 0 Å². The van der Waals surface area contributed by atoms with E-state index in [1.807, 2.05) is 23.9 Å². The molecule has 0 aliphatic carbocycles. The minimum atomic E-state index is 0.300. The summed E-state index contributed by atoms with van der Waals surface area (Å²) in [6.45, 7) is 5.84. The molecule has 1 aromatic carbocycles. The van der Waals surface area contributed by atoms with Crippen molar-refractivity contribution < 1.29 is 4.74 Å². The molecule has 3 rings (SSSR count). The van der Waals surface area contributed by atoms with Gasteiger partial charge in [0.05, 0.1) is 17.5 Å². The number of nitrogens with one attached hydrogen (secondary N) is 1. The van der Waals surface area contributed by atoms with Crippen LogP contribution in [0, 0.1) is 6.92 Å². The van der Waals surface area contributed by atoms with Gasteiger partial charge in [-0.05, 0) is 38.0 Å². The van der Waals surface area contributed by atoms with Crippen molar-refractivity contribution in [2.45, 2.75) is 39.0 Å². The molecule has 4 heteroatoms. The number of nitrogens with zero attached hydrogens (tertiary/aromatic N) is 2. The minimum Gasteiger partial charge on any atom is -0.377 e. The fourth-order valence-electron chi connectivity index (χ4n) is 2.67. The number of para-hydroxylation sites is 1. The minimum absolute atomic E-state index is 0.300. The molecule has 1 aromatic heterocycles. The van der Waals surface area contributed by atoms with Gasteiger partial charge in [0.1, 0.15) is 0 Å². The van der Waals surface area contributed by atoms with Gasteiger partial charge in [-0.2, -0.15) is 5.10 Å². The van der Waals surface area contributed by atoms with Crippen LogP contribution in [0.5, 0.6) is 0 Å². The number of benzene rings is 1. The second-order valence-corrected chi connectivity index (χ2v) is 5.38. The maximum atomic E-state index is 5.59. The first-order valence-electron chi connectivity index (χ1n) is 7.19. The molecule has 1 fully saturated rings. The van der Waals surface area contributed by atoms with Crippen LogP contribution in [0.1, 0.15) is 24.6 Å². The predicted octanol–water partition coefficient (Wildman–Crippen LogP) is 2.45. The molecular weight excluding hydrogens is 250 g/mol. The maximum Gasteiger partial charge on any atom is 0.0700 e. The van der Waals surface area contributed by atoms with Crippen LogP contribution in [-0.2, 0) is 11.3 Å². The lowest BCUT2D eigenvalue weighted by Gasteiger charge is -2.17. The third-order valence-electron chi connectivity index (χ3n) is 3.89. The van der Waals surface area contributed by atoms with Crippen LogP contribution in [0.4, 0.5) is 0 Å². The molecule has 2 unspecified atom stereocenters. The van der Waals surface area contributed by atoms with E-state index in [1.54, 1.807) is 0 Å². The zero-order chi connectivity index (χ0) is 13.9. The summed E-state index contributed by atoms with van der Waals surface area (Å²) in [5.74, 6) is 0. The standard InChI is InChI=1S/C16H21N3O/c1-12-7-9-19(18-12)16-6-4-3-5-14(16)11-17-15-8-10-20-13(15)2/h3-7,9,13,15,17H,8,10-11H2,1-2H3. The van der Waals surface area contributed by atoms with Gasteiger partial charge in [-0.25, -0.2) is 4.68 Å². The Balaban J connectivity index is 1.76. The molecule has 2 aromatic rings. The summed E-state index contributed by atoms with van der Waals surface area (Å²) in [5, 5.41) is 8.10. The van der Waals surface area contributed by atoms with E-state index in [2.05, 4.69) is 41.6 Å². The lowest BCUT2D eigenvalue weighted by molar-refractivity contribution is 0.113. The van der Waals surface area contributed by atoms with E-state index in [9.17, 15) is 0 Å². The highest BCUT2D eigenvalue weighted by atomic mass is 16.5. The third-order valence-corrected chi connectivity index (χ3v) is 3.89. The molecule has 0 saturated carbocycles. The van der Waals surface area contributed by atoms with Crippen LogP contribution in [0.3, 0.4) is 0 Å². The summed E-state index contributed by atoms with van der Waals surface area (Å²) >= 11 is 0. The molecule has 0 amide bonds. The molecular formula is C16H21N3O. The van der Waals surface area contributed by atoms with Crippen LogP contribution in [-0.4, -0.2) is 28.5 Å². The van der Waals surface area contributed by atoms with E-state index in [4.69, 9.17) is 4.74 Å². The predicted molar refractivity (Wildman–Crippen MR) is 79.0 cm³/mol. The summed E-state index contributed by atoms with van der Waals surface area (Å²) in [4.78, 5) is 0. The molecule has 1 aliphatic heterocycles. The maximum absolute atomic E-state index is 5.59. The fraction of sp³-hybridized carbons (Fsp3) is 0.438. The van der Waals surface area contributed by atoms with Crippen LogP contribution in [0.15, 0.2) is 36.5 Å². The molecule has 0 radical (unpaired) electrons. The lowest BCUT2D eigenvalue weighted by Crippen LogP contribution is -2.34. The molecule has 20 heavy (non-hydrogen) atoms. The molecule has 2 heterocycles. The molecule has 1 saturated heterocycles. The van der Waals surface area contributed by atoms with Crippen molar-refractivity contribution in [2.75, 3.05) is 6.61 Å². The van der Waals surface area contributed by atoms with E-state index in [-0.39, 0.29) is 0 Å². The first-order valence-corrected chi connectivity index (χ1v) is 7.19. The molecule has 1 N–H and O–H groups in total. The highest BCUT2D eigenvalue weighted by Gasteiger charge is 2.23. The molecule has 106 valence electrons. The summed E-state index contributed by atoms with van der Waals surface area (Å²) in [6, 6.07) is 10.9. The Morgan fingerprint density at radius 3 is 2.90 bits per heavy atom. The average Bonchev–Trinajstić information content (AvgIpc) is 3.06. The second kappa shape index (κ2) is 5.77. The smallest absolute Gasteiger partial charge is 0.0700 e. The van der Waals surface area contributed by atoms with Gasteiger partial charge in [0.2, 0.25) is 0 Å². The SMILES string of the molecule is Cc1ccn(-c2ccccc2CNC2CCOC2C)n1. The van der Waals surface area contributed by atoms with Crippen molar-refractivity contribution in [3.05, 3.63) is 47.8 Å². The van der Waals surface area contributed by atoms with E-state index < -0.39 is 0 Å². The van der Waals surface area contributed by atoms with Crippen molar-refractivity contribution in [1.29, 1.82) is 0 Å². The Kier molecular flexibility index (Phi) is 3.85. The van der Waals surface area contributed by atoms with E-state index in [0.717, 1.165) is 31.0 Å². The highest BCUT2D eigenvalue weighted by molar-refractivity contribution is 5.40. The summed E-state index contributed by atoms with van der Waals surface area (Å²) < 4.78 is 7.54. The van der Waals surface area contributed by atoms with E-state index in [1.165, 1.54) is 5.56 Å². The molecule has 2 atom stereocenters. The van der Waals surface area contributed by atoms with Crippen LogP contribution in [0.25, 0.3) is 5.69 Å². The summed E-state index contributed by atoms with van der Waals surface area (Å²) in [7, 11) is 0. The van der Waals surface area contributed by atoms with E-state index in [0.29, 0.717) is 12.1 Å². The zero-order valence-electron chi connectivity index (χ0n) is 12.0. The number of aryl methyl sites for hydroxylation is 1. The van der Waals surface area contributed by atoms with E-state index >= 15 is 0 Å². The summed E-state index contributed by atoms with van der Waals surface area (Å²) in [6.07, 6.45) is 3.40. The molecule has 0 bridgehead atoms. The summed E-state index contributed by atoms with van der Waals surface area (Å²) in [5.41, 5.74) is 3.43. The Morgan fingerprint density at radius 2 is 2.20 bits per heavy atom. The van der Waals surface area contributed by atoms with Gasteiger partial charge in [-0.15, -0.1) is 0 Å². The zero-order valence-corrected chi connectivity index (χ0v) is 12.0. The Labute approximate surface area is 119 Å². The van der Waals surface area contributed by atoms with Crippen molar-refractivity contribution in [3.8, 4) is 5.69 Å².